The number of hydrogen-bond acceptors (Lipinski definition) is 5. The third kappa shape index (κ3) is 4.67. The molecule has 0 radical (unpaired) electrons. The van der Waals surface area contributed by atoms with Crippen molar-refractivity contribution in [2.75, 3.05) is 23.5 Å². The first-order valence-electron chi connectivity index (χ1n) is 14.6. The number of methoxy groups -OCH3 is 1. The van der Waals surface area contributed by atoms with Crippen molar-refractivity contribution in [3.63, 3.8) is 0 Å². The van der Waals surface area contributed by atoms with Crippen molar-refractivity contribution in [1.29, 1.82) is 0 Å². The number of aryl methyl sites for hydroxylation is 1. The van der Waals surface area contributed by atoms with Crippen molar-refractivity contribution in [1.82, 2.24) is 9.55 Å². The zero-order valence-corrected chi connectivity index (χ0v) is 23.7. The summed E-state index contributed by atoms with van der Waals surface area (Å²) in [6, 6.07) is 12.8. The van der Waals surface area contributed by atoms with E-state index in [1.54, 1.807) is 11.8 Å². The molecule has 3 heterocycles. The van der Waals surface area contributed by atoms with Crippen molar-refractivity contribution in [3.05, 3.63) is 53.3 Å². The average molecular weight is 543 g/mol. The monoisotopic (exact) mass is 542 g/mol. The number of aromatic nitrogens is 2. The number of rotatable bonds is 5. The summed E-state index contributed by atoms with van der Waals surface area (Å²) in [5.41, 5.74) is 6.13. The van der Waals surface area contributed by atoms with E-state index in [-0.39, 0.29) is 35.8 Å². The third-order valence-corrected chi connectivity index (χ3v) is 9.22. The van der Waals surface area contributed by atoms with Crippen LogP contribution in [0.4, 0.5) is 16.2 Å². The van der Waals surface area contributed by atoms with Gasteiger partial charge in [0.1, 0.15) is 11.6 Å². The molecule has 0 spiro atoms. The molecule has 3 aromatic rings. The number of amides is 2. The quantitative estimate of drug-likeness (QED) is 0.396. The molecule has 0 bridgehead atoms. The minimum atomic E-state index is -0.341. The lowest BCUT2D eigenvalue weighted by Gasteiger charge is -2.34. The van der Waals surface area contributed by atoms with E-state index >= 15 is 0 Å². The van der Waals surface area contributed by atoms with Crippen LogP contribution in [0.1, 0.15) is 81.8 Å². The molecule has 1 aliphatic carbocycles. The Kier molecular flexibility index (Phi) is 7.11. The Labute approximate surface area is 235 Å². The fourth-order valence-electron chi connectivity index (χ4n) is 6.99. The number of fused-ring (bicyclic) bond motifs is 3. The van der Waals surface area contributed by atoms with Gasteiger partial charge in [0.2, 0.25) is 5.91 Å². The molecule has 2 amide bonds. The van der Waals surface area contributed by atoms with Gasteiger partial charge < -0.3 is 14.2 Å². The molecule has 1 atom stereocenters. The van der Waals surface area contributed by atoms with Crippen LogP contribution < -0.4 is 9.80 Å². The number of benzene rings is 2. The van der Waals surface area contributed by atoms with Crippen LogP contribution in [0.15, 0.2) is 36.4 Å². The van der Waals surface area contributed by atoms with Crippen LogP contribution in [0.25, 0.3) is 11.0 Å². The summed E-state index contributed by atoms with van der Waals surface area (Å²) in [5.74, 6) is 1.63. The maximum Gasteiger partial charge on any atom is 0.414 e. The molecule has 2 aromatic carbocycles. The number of ketones is 1. The number of hydrogen-bond donors (Lipinski definition) is 0. The fourth-order valence-corrected chi connectivity index (χ4v) is 6.99. The van der Waals surface area contributed by atoms with E-state index in [9.17, 15) is 14.4 Å². The van der Waals surface area contributed by atoms with Gasteiger partial charge in [0.05, 0.1) is 23.8 Å². The van der Waals surface area contributed by atoms with E-state index in [0.29, 0.717) is 12.8 Å². The minimum absolute atomic E-state index is 0.0572. The molecule has 40 heavy (non-hydrogen) atoms. The summed E-state index contributed by atoms with van der Waals surface area (Å²) in [4.78, 5) is 45.9. The molecular formula is C32H38N4O4. The molecule has 6 rings (SSSR count). The van der Waals surface area contributed by atoms with Crippen molar-refractivity contribution >= 4 is 40.2 Å². The Bertz CT molecular complexity index is 1450. The van der Waals surface area contributed by atoms with Gasteiger partial charge in [-0.1, -0.05) is 12.1 Å². The predicted octanol–water partition coefficient (Wildman–Crippen LogP) is 5.98. The largest absolute Gasteiger partial charge is 0.452 e. The predicted molar refractivity (Wildman–Crippen MR) is 155 cm³/mol. The van der Waals surface area contributed by atoms with Crippen LogP contribution in [0.2, 0.25) is 0 Å². The highest BCUT2D eigenvalue weighted by Gasteiger charge is 2.33. The van der Waals surface area contributed by atoms with E-state index in [1.807, 2.05) is 17.0 Å². The highest BCUT2D eigenvalue weighted by Crippen LogP contribution is 2.41. The number of nitrogens with zero attached hydrogens (tertiary/aromatic N) is 4. The zero-order valence-electron chi connectivity index (χ0n) is 23.7. The molecule has 3 aliphatic rings. The molecule has 1 saturated heterocycles. The average Bonchev–Trinajstić information content (AvgIpc) is 3.56. The van der Waals surface area contributed by atoms with E-state index in [1.165, 1.54) is 7.11 Å². The van der Waals surface area contributed by atoms with Gasteiger partial charge in [0.25, 0.3) is 0 Å². The highest BCUT2D eigenvalue weighted by atomic mass is 16.5. The minimum Gasteiger partial charge on any atom is -0.452 e. The number of imidazole rings is 1. The Balaban J connectivity index is 1.39. The first-order chi connectivity index (χ1) is 19.4. The lowest BCUT2D eigenvalue weighted by atomic mass is 9.83. The molecule has 1 saturated carbocycles. The molecule has 2 fully saturated rings. The first kappa shape index (κ1) is 26.5. The summed E-state index contributed by atoms with van der Waals surface area (Å²) in [6.07, 6.45) is 7.25. The molecule has 8 heteroatoms. The molecule has 0 unspecified atom stereocenters. The third-order valence-electron chi connectivity index (χ3n) is 9.22. The number of ether oxygens (including phenoxy) is 1. The van der Waals surface area contributed by atoms with Gasteiger partial charge in [-0.05, 0) is 88.6 Å². The maximum absolute atomic E-state index is 12.7. The lowest BCUT2D eigenvalue weighted by molar-refractivity contribution is -0.121. The Morgan fingerprint density at radius 3 is 2.40 bits per heavy atom. The van der Waals surface area contributed by atoms with Gasteiger partial charge in [-0.25, -0.2) is 9.78 Å². The van der Waals surface area contributed by atoms with Gasteiger partial charge in [-0.3, -0.25) is 14.5 Å². The summed E-state index contributed by atoms with van der Waals surface area (Å²) in [6.45, 7) is 4.55. The molecule has 8 nitrogen and oxygen atoms in total. The SMILES string of the molecule is COC(=O)N1c2ccc3c(nc(Cc4ccc(N5CCCC5=O)cc4)n3C3CCC(C(C)=O)CC3)c2CC[C@@H]1C. The molecule has 1 aromatic heterocycles. The first-order valence-corrected chi connectivity index (χ1v) is 14.6. The van der Waals surface area contributed by atoms with Crippen LogP contribution in [-0.4, -0.2) is 47.0 Å². The van der Waals surface area contributed by atoms with Gasteiger partial charge in [-0.15, -0.1) is 0 Å². The van der Waals surface area contributed by atoms with E-state index in [2.05, 4.69) is 35.8 Å². The van der Waals surface area contributed by atoms with Gasteiger partial charge >= 0.3 is 6.09 Å². The molecule has 0 N–H and O–H groups in total. The second kappa shape index (κ2) is 10.7. The van der Waals surface area contributed by atoms with Gasteiger partial charge in [-0.2, -0.15) is 0 Å². The van der Waals surface area contributed by atoms with Crippen LogP contribution in [-0.2, 0) is 27.2 Å². The van der Waals surface area contributed by atoms with Crippen molar-refractivity contribution < 1.29 is 19.1 Å². The Hall–Kier alpha value is -3.68. The van der Waals surface area contributed by atoms with Gasteiger partial charge in [0.15, 0.2) is 0 Å². The second-order valence-electron chi connectivity index (χ2n) is 11.7. The standard InChI is InChI=1S/C32H38N4O4/c1-20-6-15-26-27(35(20)32(39)40-3)16-17-28-31(26)33-29(36(28)25-13-9-23(10-14-25)21(2)37)19-22-7-11-24(12-8-22)34-18-4-5-30(34)38/h7-8,11-12,16-17,20,23,25H,4-6,9-10,13-15,18-19H2,1-3H3/t20-,23?,25?/m0/s1. The van der Waals surface area contributed by atoms with Crippen molar-refractivity contribution in [3.8, 4) is 0 Å². The lowest BCUT2D eigenvalue weighted by Crippen LogP contribution is -2.42. The van der Waals surface area contributed by atoms with Crippen molar-refractivity contribution in [2.24, 2.45) is 5.92 Å². The summed E-state index contributed by atoms with van der Waals surface area (Å²) < 4.78 is 7.53. The number of carbonyl (C=O) groups excluding carboxylic acids is 3. The maximum atomic E-state index is 12.7. The smallest absolute Gasteiger partial charge is 0.414 e. The highest BCUT2D eigenvalue weighted by molar-refractivity contribution is 5.96. The number of anilines is 2. The fraction of sp³-hybridized carbons (Fsp3) is 0.500. The summed E-state index contributed by atoms with van der Waals surface area (Å²) in [7, 11) is 1.43. The molecule has 2 aliphatic heterocycles. The zero-order chi connectivity index (χ0) is 28.0. The van der Waals surface area contributed by atoms with E-state index < -0.39 is 0 Å². The van der Waals surface area contributed by atoms with Gasteiger partial charge in [0, 0.05) is 48.6 Å². The second-order valence-corrected chi connectivity index (χ2v) is 11.7. The molecule has 210 valence electrons. The number of carbonyl (C=O) groups is 3. The van der Waals surface area contributed by atoms with E-state index in [0.717, 1.165) is 90.8 Å². The molecular weight excluding hydrogens is 504 g/mol. The summed E-state index contributed by atoms with van der Waals surface area (Å²) >= 11 is 0. The van der Waals surface area contributed by atoms with Crippen LogP contribution in [0.3, 0.4) is 0 Å². The topological polar surface area (TPSA) is 84.7 Å². The van der Waals surface area contributed by atoms with Crippen LogP contribution >= 0.6 is 0 Å². The Morgan fingerprint density at radius 1 is 1.00 bits per heavy atom. The van der Waals surface area contributed by atoms with Crippen LogP contribution in [0, 0.1) is 5.92 Å². The summed E-state index contributed by atoms with van der Waals surface area (Å²) in [5, 5.41) is 0. The number of Topliss-reactive ketones (excluding diaryl/α,β-unsaturated/α-hetero) is 1. The normalized spacial score (nSPS) is 23.0. The van der Waals surface area contributed by atoms with E-state index in [4.69, 9.17) is 9.72 Å². The Morgan fingerprint density at radius 2 is 1.75 bits per heavy atom. The van der Waals surface area contributed by atoms with Crippen LogP contribution in [0.5, 0.6) is 0 Å². The van der Waals surface area contributed by atoms with Crippen molar-refractivity contribution in [2.45, 2.75) is 83.7 Å².